The molecule has 68 valence electrons. The van der Waals surface area contributed by atoms with Gasteiger partial charge in [0.25, 0.3) is 0 Å². The van der Waals surface area contributed by atoms with E-state index in [4.69, 9.17) is 5.73 Å². The zero-order valence-corrected chi connectivity index (χ0v) is 8.49. The van der Waals surface area contributed by atoms with Crippen molar-refractivity contribution in [2.75, 3.05) is 5.73 Å². The van der Waals surface area contributed by atoms with Crippen LogP contribution in [0.2, 0.25) is 0 Å². The molecule has 0 atom stereocenters. The van der Waals surface area contributed by atoms with Crippen LogP contribution in [0.15, 0.2) is 11.4 Å². The van der Waals surface area contributed by atoms with Crippen molar-refractivity contribution >= 4 is 16.3 Å². The Morgan fingerprint density at radius 1 is 1.33 bits per heavy atom. The fraction of sp³-hybridized carbons (Fsp3) is 0.600. The molecule has 0 saturated carbocycles. The highest BCUT2D eigenvalue weighted by molar-refractivity contribution is 7.14. The molecule has 0 aliphatic carbocycles. The molecule has 12 heavy (non-hydrogen) atoms. The standard InChI is InChI=1S/C10H17NS/c1-2-3-4-5-6-9-7-8-12-10(9)11/h7-8H,2-6,11H2,1H3. The third-order valence-electron chi connectivity index (χ3n) is 2.08. The highest BCUT2D eigenvalue weighted by atomic mass is 32.1. The van der Waals surface area contributed by atoms with Crippen LogP contribution in [0.1, 0.15) is 38.2 Å². The fourth-order valence-electron chi connectivity index (χ4n) is 1.30. The molecule has 0 bridgehead atoms. The normalized spacial score (nSPS) is 10.4. The van der Waals surface area contributed by atoms with Gasteiger partial charge in [-0.15, -0.1) is 11.3 Å². The molecule has 2 N–H and O–H groups in total. The minimum absolute atomic E-state index is 1.01. The van der Waals surface area contributed by atoms with Crippen molar-refractivity contribution in [2.24, 2.45) is 0 Å². The Bertz CT molecular complexity index is 217. The quantitative estimate of drug-likeness (QED) is 0.695. The van der Waals surface area contributed by atoms with E-state index in [9.17, 15) is 0 Å². The number of nitrogens with two attached hydrogens (primary N) is 1. The highest BCUT2D eigenvalue weighted by Crippen LogP contribution is 2.21. The maximum Gasteiger partial charge on any atom is 0.0888 e. The SMILES string of the molecule is CCCCCCc1ccsc1N. The summed E-state index contributed by atoms with van der Waals surface area (Å²) in [5.41, 5.74) is 7.12. The van der Waals surface area contributed by atoms with E-state index in [-0.39, 0.29) is 0 Å². The van der Waals surface area contributed by atoms with Gasteiger partial charge in [0.2, 0.25) is 0 Å². The van der Waals surface area contributed by atoms with Gasteiger partial charge in [0.1, 0.15) is 0 Å². The molecule has 0 aliphatic rings. The number of nitrogen functional groups attached to an aromatic ring is 1. The van der Waals surface area contributed by atoms with E-state index in [1.54, 1.807) is 11.3 Å². The molecular formula is C10H17NS. The summed E-state index contributed by atoms with van der Waals surface area (Å²) in [5.74, 6) is 0. The molecule has 0 fully saturated rings. The maximum absolute atomic E-state index is 5.77. The summed E-state index contributed by atoms with van der Waals surface area (Å²) in [4.78, 5) is 0. The lowest BCUT2D eigenvalue weighted by Gasteiger charge is -1.98. The largest absolute Gasteiger partial charge is 0.390 e. The van der Waals surface area contributed by atoms with Crippen molar-refractivity contribution < 1.29 is 0 Å². The van der Waals surface area contributed by atoms with Gasteiger partial charge < -0.3 is 5.73 Å². The van der Waals surface area contributed by atoms with Gasteiger partial charge in [0.05, 0.1) is 5.00 Å². The number of hydrogen-bond donors (Lipinski definition) is 1. The highest BCUT2D eigenvalue weighted by Gasteiger charge is 1.98. The van der Waals surface area contributed by atoms with Gasteiger partial charge in [-0.3, -0.25) is 0 Å². The van der Waals surface area contributed by atoms with E-state index in [1.807, 2.05) is 0 Å². The average molecular weight is 183 g/mol. The Hall–Kier alpha value is -0.500. The second kappa shape index (κ2) is 5.20. The summed E-state index contributed by atoms with van der Waals surface area (Å²) >= 11 is 1.65. The number of thiophene rings is 1. The van der Waals surface area contributed by atoms with Crippen LogP contribution in [0.3, 0.4) is 0 Å². The van der Waals surface area contributed by atoms with Gasteiger partial charge >= 0.3 is 0 Å². The molecule has 0 saturated heterocycles. The van der Waals surface area contributed by atoms with Crippen molar-refractivity contribution in [3.8, 4) is 0 Å². The maximum atomic E-state index is 5.77. The van der Waals surface area contributed by atoms with Gasteiger partial charge in [-0.25, -0.2) is 0 Å². The second-order valence-corrected chi connectivity index (χ2v) is 4.07. The van der Waals surface area contributed by atoms with Crippen LogP contribution in [0.25, 0.3) is 0 Å². The van der Waals surface area contributed by atoms with Gasteiger partial charge in [-0.05, 0) is 29.9 Å². The van der Waals surface area contributed by atoms with Crippen LogP contribution in [0.4, 0.5) is 5.00 Å². The first-order valence-electron chi connectivity index (χ1n) is 4.66. The summed E-state index contributed by atoms with van der Waals surface area (Å²) in [7, 11) is 0. The van der Waals surface area contributed by atoms with E-state index >= 15 is 0 Å². The molecule has 1 aromatic heterocycles. The van der Waals surface area contributed by atoms with Crippen molar-refractivity contribution in [1.29, 1.82) is 0 Å². The van der Waals surface area contributed by atoms with Crippen LogP contribution >= 0.6 is 11.3 Å². The van der Waals surface area contributed by atoms with E-state index in [2.05, 4.69) is 18.4 Å². The van der Waals surface area contributed by atoms with Crippen LogP contribution < -0.4 is 5.73 Å². The molecule has 0 unspecified atom stereocenters. The fourth-order valence-corrected chi connectivity index (χ4v) is 2.00. The topological polar surface area (TPSA) is 26.0 Å². The van der Waals surface area contributed by atoms with E-state index in [0.717, 1.165) is 11.4 Å². The Kier molecular flexibility index (Phi) is 4.15. The van der Waals surface area contributed by atoms with Crippen molar-refractivity contribution in [3.05, 3.63) is 17.0 Å². The second-order valence-electron chi connectivity index (χ2n) is 3.12. The summed E-state index contributed by atoms with van der Waals surface area (Å²) in [5, 5.41) is 3.08. The number of aryl methyl sites for hydroxylation is 1. The summed E-state index contributed by atoms with van der Waals surface area (Å²) in [6.45, 7) is 2.24. The molecule has 0 spiro atoms. The van der Waals surface area contributed by atoms with Crippen LogP contribution in [0, 0.1) is 0 Å². The first kappa shape index (κ1) is 9.59. The zero-order valence-electron chi connectivity index (χ0n) is 7.68. The Balaban J connectivity index is 2.20. The van der Waals surface area contributed by atoms with Crippen LogP contribution in [-0.4, -0.2) is 0 Å². The molecule has 0 aliphatic heterocycles. The number of anilines is 1. The van der Waals surface area contributed by atoms with Gasteiger partial charge in [0.15, 0.2) is 0 Å². The smallest absolute Gasteiger partial charge is 0.0888 e. The predicted molar refractivity (Wildman–Crippen MR) is 56.6 cm³/mol. The lowest BCUT2D eigenvalue weighted by atomic mass is 10.1. The Labute approximate surface area is 78.6 Å². The van der Waals surface area contributed by atoms with E-state index in [0.29, 0.717) is 0 Å². The lowest BCUT2D eigenvalue weighted by Crippen LogP contribution is -1.88. The van der Waals surface area contributed by atoms with E-state index in [1.165, 1.54) is 31.2 Å². The van der Waals surface area contributed by atoms with Crippen molar-refractivity contribution in [3.63, 3.8) is 0 Å². The van der Waals surface area contributed by atoms with Crippen molar-refractivity contribution in [1.82, 2.24) is 0 Å². The third kappa shape index (κ3) is 2.86. The first-order valence-corrected chi connectivity index (χ1v) is 5.54. The summed E-state index contributed by atoms with van der Waals surface area (Å²) in [6.07, 6.45) is 6.44. The van der Waals surface area contributed by atoms with Gasteiger partial charge in [-0.1, -0.05) is 26.2 Å². The summed E-state index contributed by atoms with van der Waals surface area (Å²) < 4.78 is 0. The Morgan fingerprint density at radius 2 is 2.17 bits per heavy atom. The molecule has 0 aromatic carbocycles. The monoisotopic (exact) mass is 183 g/mol. The first-order chi connectivity index (χ1) is 5.84. The number of unbranched alkanes of at least 4 members (excludes halogenated alkanes) is 3. The molecule has 1 heterocycles. The molecule has 0 radical (unpaired) electrons. The molecular weight excluding hydrogens is 166 g/mol. The van der Waals surface area contributed by atoms with Crippen LogP contribution in [0.5, 0.6) is 0 Å². The summed E-state index contributed by atoms with van der Waals surface area (Å²) in [6, 6.07) is 2.14. The molecule has 1 aromatic rings. The van der Waals surface area contributed by atoms with Gasteiger partial charge in [-0.2, -0.15) is 0 Å². The van der Waals surface area contributed by atoms with Crippen molar-refractivity contribution in [2.45, 2.75) is 39.0 Å². The third-order valence-corrected chi connectivity index (χ3v) is 2.87. The Morgan fingerprint density at radius 3 is 2.75 bits per heavy atom. The van der Waals surface area contributed by atoms with Gasteiger partial charge in [0, 0.05) is 0 Å². The molecule has 1 rings (SSSR count). The minimum atomic E-state index is 1.01. The van der Waals surface area contributed by atoms with Crippen LogP contribution in [-0.2, 0) is 6.42 Å². The molecule has 1 nitrogen and oxygen atoms in total. The zero-order chi connectivity index (χ0) is 8.81. The van der Waals surface area contributed by atoms with E-state index < -0.39 is 0 Å². The number of rotatable bonds is 5. The predicted octanol–water partition coefficient (Wildman–Crippen LogP) is 3.45. The lowest BCUT2D eigenvalue weighted by molar-refractivity contribution is 0.668. The minimum Gasteiger partial charge on any atom is -0.390 e. The average Bonchev–Trinajstić information content (AvgIpc) is 2.46. The molecule has 2 heteroatoms. The number of hydrogen-bond acceptors (Lipinski definition) is 2. The molecule has 0 amide bonds.